The number of aryl methyl sites for hydroxylation is 1. The summed E-state index contributed by atoms with van der Waals surface area (Å²) in [5.41, 5.74) is 2.14. The molecule has 0 amide bonds. The predicted octanol–water partition coefficient (Wildman–Crippen LogP) is 3.82. The van der Waals surface area contributed by atoms with E-state index in [1.807, 2.05) is 31.2 Å². The SMILES string of the molecule is CCNC(=NCc1cc(CC)no1)NC(C)c1ccccc1Br. The molecule has 0 spiro atoms. The van der Waals surface area contributed by atoms with Gasteiger partial charge in [0.15, 0.2) is 11.7 Å². The predicted molar refractivity (Wildman–Crippen MR) is 96.4 cm³/mol. The fraction of sp³-hybridized carbons (Fsp3) is 0.412. The minimum absolute atomic E-state index is 0.129. The van der Waals surface area contributed by atoms with Crippen LogP contribution in [-0.4, -0.2) is 17.7 Å². The molecule has 0 aliphatic heterocycles. The number of hydrogen-bond donors (Lipinski definition) is 2. The van der Waals surface area contributed by atoms with Crippen LogP contribution in [0.5, 0.6) is 0 Å². The van der Waals surface area contributed by atoms with Crippen LogP contribution in [0.2, 0.25) is 0 Å². The number of nitrogens with one attached hydrogen (secondary N) is 2. The van der Waals surface area contributed by atoms with Gasteiger partial charge in [0.2, 0.25) is 0 Å². The molecule has 6 heteroatoms. The van der Waals surface area contributed by atoms with E-state index in [-0.39, 0.29) is 6.04 Å². The summed E-state index contributed by atoms with van der Waals surface area (Å²) in [6.07, 6.45) is 0.866. The number of benzene rings is 1. The first kappa shape index (κ1) is 17.5. The number of aromatic nitrogens is 1. The van der Waals surface area contributed by atoms with Gasteiger partial charge in [0, 0.05) is 17.1 Å². The number of halogens is 1. The van der Waals surface area contributed by atoms with Gasteiger partial charge in [-0.1, -0.05) is 46.2 Å². The second-order valence-electron chi connectivity index (χ2n) is 5.22. The van der Waals surface area contributed by atoms with Crippen molar-refractivity contribution in [3.05, 3.63) is 51.8 Å². The molecule has 0 bridgehead atoms. The lowest BCUT2D eigenvalue weighted by Gasteiger charge is -2.19. The molecule has 0 saturated heterocycles. The average Bonchev–Trinajstić information content (AvgIpc) is 3.01. The second kappa shape index (κ2) is 8.72. The van der Waals surface area contributed by atoms with Crippen molar-refractivity contribution in [1.29, 1.82) is 0 Å². The third-order valence-corrected chi connectivity index (χ3v) is 4.15. The van der Waals surface area contributed by atoms with Crippen molar-refractivity contribution in [3.63, 3.8) is 0 Å². The van der Waals surface area contributed by atoms with E-state index in [0.717, 1.165) is 34.9 Å². The van der Waals surface area contributed by atoms with Gasteiger partial charge in [-0.05, 0) is 31.9 Å². The quantitative estimate of drug-likeness (QED) is 0.592. The van der Waals surface area contributed by atoms with Crippen LogP contribution in [0.15, 0.2) is 44.3 Å². The Morgan fingerprint density at radius 1 is 1.35 bits per heavy atom. The van der Waals surface area contributed by atoms with Crippen molar-refractivity contribution in [1.82, 2.24) is 15.8 Å². The first-order valence-corrected chi connectivity index (χ1v) is 8.67. The molecular weight excluding hydrogens is 356 g/mol. The van der Waals surface area contributed by atoms with Crippen LogP contribution in [0, 0.1) is 0 Å². The van der Waals surface area contributed by atoms with Gasteiger partial charge in [0.05, 0.1) is 11.7 Å². The van der Waals surface area contributed by atoms with Gasteiger partial charge in [0.25, 0.3) is 0 Å². The van der Waals surface area contributed by atoms with Gasteiger partial charge in [-0.25, -0.2) is 4.99 Å². The minimum atomic E-state index is 0.129. The van der Waals surface area contributed by atoms with Crippen molar-refractivity contribution < 1.29 is 4.52 Å². The number of aliphatic imine (C=N–C) groups is 1. The average molecular weight is 379 g/mol. The van der Waals surface area contributed by atoms with Crippen LogP contribution >= 0.6 is 15.9 Å². The highest BCUT2D eigenvalue weighted by Crippen LogP contribution is 2.22. The molecule has 1 aromatic heterocycles. The highest BCUT2D eigenvalue weighted by Gasteiger charge is 2.11. The summed E-state index contributed by atoms with van der Waals surface area (Å²) in [7, 11) is 0. The van der Waals surface area contributed by atoms with Crippen LogP contribution < -0.4 is 10.6 Å². The molecule has 0 fully saturated rings. The molecule has 1 aromatic carbocycles. The Labute approximate surface area is 145 Å². The molecule has 0 radical (unpaired) electrons. The molecule has 0 aliphatic carbocycles. The van der Waals surface area contributed by atoms with Crippen LogP contribution in [0.4, 0.5) is 0 Å². The maximum absolute atomic E-state index is 5.27. The third-order valence-electron chi connectivity index (χ3n) is 3.43. The molecule has 2 N–H and O–H groups in total. The zero-order valence-electron chi connectivity index (χ0n) is 13.8. The van der Waals surface area contributed by atoms with E-state index >= 15 is 0 Å². The van der Waals surface area contributed by atoms with Gasteiger partial charge >= 0.3 is 0 Å². The lowest BCUT2D eigenvalue weighted by molar-refractivity contribution is 0.379. The molecule has 2 rings (SSSR count). The number of rotatable bonds is 6. The van der Waals surface area contributed by atoms with Gasteiger partial charge in [0.1, 0.15) is 6.54 Å². The van der Waals surface area contributed by atoms with E-state index in [4.69, 9.17) is 4.52 Å². The highest BCUT2D eigenvalue weighted by atomic mass is 79.9. The summed E-state index contributed by atoms with van der Waals surface area (Å²) < 4.78 is 6.35. The second-order valence-corrected chi connectivity index (χ2v) is 6.08. The first-order valence-electron chi connectivity index (χ1n) is 7.87. The molecule has 0 saturated carbocycles. The van der Waals surface area contributed by atoms with Crippen LogP contribution in [0.25, 0.3) is 0 Å². The Bertz CT molecular complexity index is 654. The van der Waals surface area contributed by atoms with E-state index in [2.05, 4.69) is 56.6 Å². The van der Waals surface area contributed by atoms with Gasteiger partial charge in [-0.15, -0.1) is 0 Å². The minimum Gasteiger partial charge on any atom is -0.359 e. The number of hydrogen-bond acceptors (Lipinski definition) is 3. The smallest absolute Gasteiger partial charge is 0.192 e. The number of nitrogens with zero attached hydrogens (tertiary/aromatic N) is 2. The Kier molecular flexibility index (Phi) is 6.65. The summed E-state index contributed by atoms with van der Waals surface area (Å²) in [5, 5.41) is 10.7. The normalized spacial score (nSPS) is 13.0. The summed E-state index contributed by atoms with van der Waals surface area (Å²) in [5.74, 6) is 1.53. The van der Waals surface area contributed by atoms with Crippen LogP contribution in [0.3, 0.4) is 0 Å². The van der Waals surface area contributed by atoms with Gasteiger partial charge in [-0.2, -0.15) is 0 Å². The van der Waals surface area contributed by atoms with E-state index in [0.29, 0.717) is 6.54 Å². The Hall–Kier alpha value is -1.82. The molecule has 23 heavy (non-hydrogen) atoms. The van der Waals surface area contributed by atoms with Crippen molar-refractivity contribution in [2.24, 2.45) is 4.99 Å². The highest BCUT2D eigenvalue weighted by molar-refractivity contribution is 9.10. The largest absolute Gasteiger partial charge is 0.359 e. The summed E-state index contributed by atoms with van der Waals surface area (Å²) in [6, 6.07) is 10.2. The maximum Gasteiger partial charge on any atom is 0.192 e. The fourth-order valence-corrected chi connectivity index (χ4v) is 2.81. The summed E-state index contributed by atoms with van der Waals surface area (Å²) >= 11 is 3.59. The van der Waals surface area contributed by atoms with Crippen LogP contribution in [0.1, 0.15) is 43.8 Å². The third kappa shape index (κ3) is 5.10. The molecule has 2 aromatic rings. The number of guanidine groups is 1. The van der Waals surface area contributed by atoms with Crippen molar-refractivity contribution >= 4 is 21.9 Å². The van der Waals surface area contributed by atoms with Crippen molar-refractivity contribution in [2.75, 3.05) is 6.54 Å². The van der Waals surface area contributed by atoms with Crippen molar-refractivity contribution in [2.45, 2.75) is 39.8 Å². The maximum atomic E-state index is 5.27. The topological polar surface area (TPSA) is 62.5 Å². The lowest BCUT2D eigenvalue weighted by atomic mass is 10.1. The Morgan fingerprint density at radius 2 is 2.13 bits per heavy atom. The van der Waals surface area contributed by atoms with E-state index in [1.165, 1.54) is 5.56 Å². The molecule has 0 aliphatic rings. The van der Waals surface area contributed by atoms with Gasteiger partial charge < -0.3 is 15.2 Å². The first-order chi connectivity index (χ1) is 11.1. The standard InChI is InChI=1S/C17H23BrN4O/c1-4-13-10-14(23-22-13)11-20-17(19-5-2)21-12(3)15-8-6-7-9-16(15)18/h6-10,12H,4-5,11H2,1-3H3,(H2,19,20,21). The zero-order chi connectivity index (χ0) is 16.7. The Morgan fingerprint density at radius 3 is 2.78 bits per heavy atom. The van der Waals surface area contributed by atoms with Crippen molar-refractivity contribution in [3.8, 4) is 0 Å². The van der Waals surface area contributed by atoms with Crippen LogP contribution in [-0.2, 0) is 13.0 Å². The summed E-state index contributed by atoms with van der Waals surface area (Å²) in [6.45, 7) is 7.46. The molecule has 1 unspecified atom stereocenters. The fourth-order valence-electron chi connectivity index (χ4n) is 2.18. The molecular formula is C17H23BrN4O. The lowest BCUT2D eigenvalue weighted by Crippen LogP contribution is -2.38. The monoisotopic (exact) mass is 378 g/mol. The van der Waals surface area contributed by atoms with E-state index in [1.54, 1.807) is 0 Å². The van der Waals surface area contributed by atoms with Gasteiger partial charge in [-0.3, -0.25) is 0 Å². The molecule has 5 nitrogen and oxygen atoms in total. The zero-order valence-corrected chi connectivity index (χ0v) is 15.4. The van der Waals surface area contributed by atoms with E-state index < -0.39 is 0 Å². The Balaban J connectivity index is 2.05. The van der Waals surface area contributed by atoms with E-state index in [9.17, 15) is 0 Å². The summed E-state index contributed by atoms with van der Waals surface area (Å²) in [4.78, 5) is 4.57. The molecule has 1 heterocycles. The molecule has 1 atom stereocenters. The molecule has 124 valence electrons.